The van der Waals surface area contributed by atoms with Crippen molar-refractivity contribution in [2.75, 3.05) is 0 Å². The lowest BCUT2D eigenvalue weighted by Gasteiger charge is -2.19. The van der Waals surface area contributed by atoms with Crippen LogP contribution in [0.5, 0.6) is 0 Å². The molecule has 7 aromatic carbocycles. The molecule has 8 rings (SSSR count). The van der Waals surface area contributed by atoms with Gasteiger partial charge in [-0.3, -0.25) is 0 Å². The van der Waals surface area contributed by atoms with Gasteiger partial charge < -0.3 is 4.57 Å². The summed E-state index contributed by atoms with van der Waals surface area (Å²) in [6, 6.07) is 52.0. The molecule has 0 aliphatic rings. The van der Waals surface area contributed by atoms with E-state index >= 15 is 0 Å². The maximum absolute atomic E-state index is 6.71. The number of nitrogens with zero attached hydrogens (tertiary/aromatic N) is 1. The van der Waals surface area contributed by atoms with Crippen molar-refractivity contribution in [1.82, 2.24) is 4.57 Å². The van der Waals surface area contributed by atoms with Crippen molar-refractivity contribution in [2.24, 2.45) is 0 Å². The van der Waals surface area contributed by atoms with Gasteiger partial charge in [0.25, 0.3) is 0 Å². The molecular formula is C38H24ClN. The minimum absolute atomic E-state index is 0.727. The molecule has 40 heavy (non-hydrogen) atoms. The Balaban J connectivity index is 1.46. The van der Waals surface area contributed by atoms with Crippen LogP contribution in [0.25, 0.3) is 71.3 Å². The first-order chi connectivity index (χ1) is 19.8. The Morgan fingerprint density at radius 3 is 1.70 bits per heavy atom. The summed E-state index contributed by atoms with van der Waals surface area (Å²) in [5.74, 6) is 0. The summed E-state index contributed by atoms with van der Waals surface area (Å²) in [5, 5.41) is 8.19. The Bertz CT molecular complexity index is 2180. The summed E-state index contributed by atoms with van der Waals surface area (Å²) in [7, 11) is 0. The van der Waals surface area contributed by atoms with Gasteiger partial charge in [-0.1, -0.05) is 121 Å². The highest BCUT2D eigenvalue weighted by molar-refractivity contribution is 6.31. The van der Waals surface area contributed by atoms with E-state index < -0.39 is 0 Å². The molecule has 8 aromatic rings. The summed E-state index contributed by atoms with van der Waals surface area (Å²) < 4.78 is 2.40. The van der Waals surface area contributed by atoms with Crippen LogP contribution in [-0.4, -0.2) is 4.57 Å². The molecule has 0 fully saturated rings. The number of hydrogen-bond donors (Lipinski definition) is 0. The first-order valence-electron chi connectivity index (χ1n) is 13.6. The summed E-state index contributed by atoms with van der Waals surface area (Å²) in [4.78, 5) is 0. The SMILES string of the molecule is Clc1ccc(-c2ccccc2-n2c3ccccc3c3ccccc32)c(-c2cc3ccccc3c3ccccc23)c1. The van der Waals surface area contributed by atoms with E-state index in [2.05, 4.69) is 144 Å². The molecule has 0 atom stereocenters. The molecule has 0 bridgehead atoms. The van der Waals surface area contributed by atoms with Crippen LogP contribution in [-0.2, 0) is 0 Å². The second-order valence-corrected chi connectivity index (χ2v) is 10.7. The van der Waals surface area contributed by atoms with Crippen molar-refractivity contribution in [1.29, 1.82) is 0 Å². The quantitative estimate of drug-likeness (QED) is 0.200. The van der Waals surface area contributed by atoms with Crippen LogP contribution in [0.3, 0.4) is 0 Å². The van der Waals surface area contributed by atoms with Gasteiger partial charge in [0.15, 0.2) is 0 Å². The van der Waals surface area contributed by atoms with E-state index in [0.717, 1.165) is 27.4 Å². The van der Waals surface area contributed by atoms with E-state index in [-0.39, 0.29) is 0 Å². The fraction of sp³-hybridized carbons (Fsp3) is 0. The number of halogens is 1. The maximum atomic E-state index is 6.71. The van der Waals surface area contributed by atoms with Crippen LogP contribution in [0, 0.1) is 0 Å². The van der Waals surface area contributed by atoms with Crippen LogP contribution in [0.1, 0.15) is 0 Å². The van der Waals surface area contributed by atoms with Gasteiger partial charge in [-0.25, -0.2) is 0 Å². The molecule has 0 N–H and O–H groups in total. The number of aromatic nitrogens is 1. The third kappa shape index (κ3) is 3.49. The lowest BCUT2D eigenvalue weighted by atomic mass is 9.88. The molecule has 1 aromatic heterocycles. The van der Waals surface area contributed by atoms with Gasteiger partial charge in [0.05, 0.1) is 16.7 Å². The molecule has 0 saturated carbocycles. The lowest BCUT2D eigenvalue weighted by Crippen LogP contribution is -1.98. The average molecular weight is 530 g/mol. The minimum Gasteiger partial charge on any atom is -0.309 e. The Kier molecular flexibility index (Phi) is 5.26. The van der Waals surface area contributed by atoms with Gasteiger partial charge in [-0.15, -0.1) is 0 Å². The van der Waals surface area contributed by atoms with Gasteiger partial charge in [-0.2, -0.15) is 0 Å². The van der Waals surface area contributed by atoms with Crippen molar-refractivity contribution < 1.29 is 0 Å². The second-order valence-electron chi connectivity index (χ2n) is 10.3. The van der Waals surface area contributed by atoms with E-state index in [0.29, 0.717) is 0 Å². The predicted molar refractivity (Wildman–Crippen MR) is 172 cm³/mol. The van der Waals surface area contributed by atoms with E-state index in [1.807, 2.05) is 6.07 Å². The zero-order valence-corrected chi connectivity index (χ0v) is 22.4. The standard InChI is InChI=1S/C38H24ClN/c39-26-21-22-30(35(24-26)34-23-25-11-1-2-12-27(25)28-13-3-4-14-29(28)34)31-15-5-8-18-36(31)40-37-19-9-6-16-32(37)33-17-7-10-20-38(33)40/h1-24H. The Labute approximate surface area is 237 Å². The third-order valence-corrected chi connectivity index (χ3v) is 8.29. The fourth-order valence-electron chi connectivity index (χ4n) is 6.33. The summed E-state index contributed by atoms with van der Waals surface area (Å²) in [6.07, 6.45) is 0. The molecule has 0 aliphatic carbocycles. The smallest absolute Gasteiger partial charge is 0.0541 e. The van der Waals surface area contributed by atoms with Gasteiger partial charge in [0, 0.05) is 21.4 Å². The maximum Gasteiger partial charge on any atom is 0.0541 e. The first-order valence-corrected chi connectivity index (χ1v) is 13.9. The fourth-order valence-corrected chi connectivity index (χ4v) is 6.50. The van der Waals surface area contributed by atoms with Crippen LogP contribution in [0.2, 0.25) is 5.02 Å². The highest BCUT2D eigenvalue weighted by Gasteiger charge is 2.19. The summed E-state index contributed by atoms with van der Waals surface area (Å²) in [5.41, 5.74) is 8.17. The van der Waals surface area contributed by atoms with Crippen LogP contribution < -0.4 is 0 Å². The Hall–Kier alpha value is -4.85. The molecular weight excluding hydrogens is 506 g/mol. The Morgan fingerprint density at radius 2 is 0.950 bits per heavy atom. The first kappa shape index (κ1) is 23.1. The average Bonchev–Trinajstić information content (AvgIpc) is 3.35. The van der Waals surface area contributed by atoms with Crippen molar-refractivity contribution in [3.63, 3.8) is 0 Å². The van der Waals surface area contributed by atoms with E-state index in [1.165, 1.54) is 48.9 Å². The van der Waals surface area contributed by atoms with Crippen LogP contribution in [0.4, 0.5) is 0 Å². The number of fused-ring (bicyclic) bond motifs is 6. The number of benzene rings is 7. The zero-order chi connectivity index (χ0) is 26.6. The number of hydrogen-bond acceptors (Lipinski definition) is 0. The topological polar surface area (TPSA) is 4.93 Å². The predicted octanol–water partition coefficient (Wildman–Crippen LogP) is 11.1. The Morgan fingerprint density at radius 1 is 0.375 bits per heavy atom. The molecule has 0 unspecified atom stereocenters. The van der Waals surface area contributed by atoms with Crippen molar-refractivity contribution in [3.05, 3.63) is 151 Å². The molecule has 2 heteroatoms. The van der Waals surface area contributed by atoms with Crippen LogP contribution >= 0.6 is 11.6 Å². The molecule has 0 amide bonds. The molecule has 0 aliphatic heterocycles. The van der Waals surface area contributed by atoms with E-state index in [4.69, 9.17) is 11.6 Å². The molecule has 0 spiro atoms. The highest BCUT2D eigenvalue weighted by atomic mass is 35.5. The normalized spacial score (nSPS) is 11.6. The van der Waals surface area contributed by atoms with Gasteiger partial charge in [0.1, 0.15) is 0 Å². The van der Waals surface area contributed by atoms with Crippen molar-refractivity contribution >= 4 is 55.0 Å². The second kappa shape index (κ2) is 9.12. The van der Waals surface area contributed by atoms with Gasteiger partial charge >= 0.3 is 0 Å². The molecule has 188 valence electrons. The summed E-state index contributed by atoms with van der Waals surface area (Å²) >= 11 is 6.71. The third-order valence-electron chi connectivity index (χ3n) is 8.06. The van der Waals surface area contributed by atoms with E-state index in [9.17, 15) is 0 Å². The van der Waals surface area contributed by atoms with E-state index in [1.54, 1.807) is 0 Å². The largest absolute Gasteiger partial charge is 0.309 e. The van der Waals surface area contributed by atoms with Crippen molar-refractivity contribution in [3.8, 4) is 27.9 Å². The minimum atomic E-state index is 0.727. The summed E-state index contributed by atoms with van der Waals surface area (Å²) in [6.45, 7) is 0. The number of para-hydroxylation sites is 3. The monoisotopic (exact) mass is 529 g/mol. The highest BCUT2D eigenvalue weighted by Crippen LogP contribution is 2.43. The molecule has 1 nitrogen and oxygen atoms in total. The van der Waals surface area contributed by atoms with Gasteiger partial charge in [0.2, 0.25) is 0 Å². The number of rotatable bonds is 3. The lowest BCUT2D eigenvalue weighted by molar-refractivity contribution is 1.18. The van der Waals surface area contributed by atoms with Crippen molar-refractivity contribution in [2.45, 2.75) is 0 Å². The molecule has 0 radical (unpaired) electrons. The van der Waals surface area contributed by atoms with Crippen LogP contribution in [0.15, 0.2) is 146 Å². The molecule has 0 saturated heterocycles. The van der Waals surface area contributed by atoms with Gasteiger partial charge in [-0.05, 0) is 74.6 Å². The zero-order valence-electron chi connectivity index (χ0n) is 21.7. The molecule has 1 heterocycles.